The van der Waals surface area contributed by atoms with Gasteiger partial charge >= 0.3 is 0 Å². The zero-order valence-corrected chi connectivity index (χ0v) is 19.0. The Kier molecular flexibility index (Phi) is 5.64. The van der Waals surface area contributed by atoms with E-state index in [1.165, 1.54) is 5.56 Å². The van der Waals surface area contributed by atoms with Crippen LogP contribution in [0.25, 0.3) is 27.8 Å². The molecular weight excluding hydrogens is 503 g/mol. The Balaban J connectivity index is 0.00000231. The van der Waals surface area contributed by atoms with Gasteiger partial charge in [-0.3, -0.25) is 9.20 Å². The first-order valence-corrected chi connectivity index (χ1v) is 9.68. The molecule has 5 aromatic rings. The van der Waals surface area contributed by atoms with Crippen molar-refractivity contribution in [2.24, 2.45) is 5.73 Å². The summed E-state index contributed by atoms with van der Waals surface area (Å²) in [6.07, 6.45) is 7.51. The third-order valence-corrected chi connectivity index (χ3v) is 5.12. The Bertz CT molecular complexity index is 1390. The Morgan fingerprint density at radius 3 is 2.74 bits per heavy atom. The summed E-state index contributed by atoms with van der Waals surface area (Å²) in [6.45, 7) is 2.17. The van der Waals surface area contributed by atoms with E-state index >= 15 is 0 Å². The molecule has 3 heterocycles. The molecule has 31 heavy (non-hydrogen) atoms. The summed E-state index contributed by atoms with van der Waals surface area (Å²) in [6, 6.07) is 16.4. The van der Waals surface area contributed by atoms with Crippen molar-refractivity contribution in [1.82, 2.24) is 14.4 Å². The quantitative estimate of drug-likeness (QED) is 0.229. The fourth-order valence-corrected chi connectivity index (χ4v) is 3.66. The maximum absolute atomic E-state index is 11.3. The second-order valence-electron chi connectivity index (χ2n) is 7.34. The van der Waals surface area contributed by atoms with Crippen molar-refractivity contribution in [1.29, 1.82) is 0 Å². The monoisotopic (exact) mass is 524 g/mol. The van der Waals surface area contributed by atoms with Gasteiger partial charge in [-0.2, -0.15) is 4.57 Å². The van der Waals surface area contributed by atoms with Crippen molar-refractivity contribution in [2.45, 2.75) is 13.5 Å². The minimum Gasteiger partial charge on any atom is -1.00 e. The molecule has 7 nitrogen and oxygen atoms in total. The maximum atomic E-state index is 11.3. The fourth-order valence-electron chi connectivity index (χ4n) is 3.66. The van der Waals surface area contributed by atoms with E-state index in [0.717, 1.165) is 33.7 Å². The summed E-state index contributed by atoms with van der Waals surface area (Å²) in [7, 11) is 0. The molecule has 1 amide bonds. The van der Waals surface area contributed by atoms with Gasteiger partial charge in [0, 0.05) is 28.4 Å². The first-order chi connectivity index (χ1) is 14.6. The molecule has 0 aliphatic carbocycles. The number of imidazole rings is 1. The normalized spacial score (nSPS) is 10.9. The van der Waals surface area contributed by atoms with Crippen LogP contribution in [0.15, 0.2) is 73.3 Å². The Morgan fingerprint density at radius 2 is 1.97 bits per heavy atom. The maximum Gasteiger partial charge on any atom is 0.283 e. The van der Waals surface area contributed by atoms with Crippen LogP contribution in [0, 0.1) is 6.92 Å². The van der Waals surface area contributed by atoms with Crippen molar-refractivity contribution < 1.29 is 33.3 Å². The van der Waals surface area contributed by atoms with Gasteiger partial charge in [0.25, 0.3) is 5.91 Å². The molecule has 0 aliphatic rings. The van der Waals surface area contributed by atoms with Crippen LogP contribution in [0.2, 0.25) is 0 Å². The number of hydrogen-bond acceptors (Lipinski definition) is 3. The molecule has 0 saturated heterocycles. The lowest BCUT2D eigenvalue weighted by atomic mass is 10.1. The molecule has 0 saturated carbocycles. The van der Waals surface area contributed by atoms with Crippen molar-refractivity contribution >= 4 is 34.0 Å². The van der Waals surface area contributed by atoms with Gasteiger partial charge in [-0.25, -0.2) is 4.98 Å². The van der Waals surface area contributed by atoms with E-state index in [1.807, 2.05) is 59.5 Å². The number of fused-ring (bicyclic) bond motifs is 2. The van der Waals surface area contributed by atoms with Crippen LogP contribution in [0.1, 0.15) is 5.56 Å². The molecule has 0 atom stereocenters. The van der Waals surface area contributed by atoms with Gasteiger partial charge < -0.3 is 40.0 Å². The molecular formula is C23H21IN6O. The van der Waals surface area contributed by atoms with Crippen molar-refractivity contribution in [2.75, 3.05) is 5.32 Å². The summed E-state index contributed by atoms with van der Waals surface area (Å²) in [5.41, 5.74) is 11.1. The lowest BCUT2D eigenvalue weighted by molar-refractivity contribution is -0.683. The van der Waals surface area contributed by atoms with Crippen molar-refractivity contribution in [3.05, 3.63) is 78.9 Å². The number of para-hydroxylation sites is 1. The van der Waals surface area contributed by atoms with Gasteiger partial charge in [-0.1, -0.05) is 35.9 Å². The number of aryl methyl sites for hydroxylation is 1. The number of rotatable bonds is 5. The zero-order valence-electron chi connectivity index (χ0n) is 16.8. The Hall–Kier alpha value is -3.40. The second kappa shape index (κ2) is 8.38. The highest BCUT2D eigenvalue weighted by Gasteiger charge is 2.20. The van der Waals surface area contributed by atoms with Crippen LogP contribution in [-0.4, -0.2) is 20.3 Å². The number of carbonyl (C=O) groups excluding carboxylic acids is 1. The van der Waals surface area contributed by atoms with Crippen LogP contribution < -0.4 is 39.6 Å². The van der Waals surface area contributed by atoms with E-state index in [9.17, 15) is 4.79 Å². The largest absolute Gasteiger partial charge is 1.00 e. The SMILES string of the molecule is Cc1ccc(Nc2c(-c3c[nH]c4ccccc34)nc3c[n+](CC(N)=O)ccn23)cc1.[I-]. The van der Waals surface area contributed by atoms with Gasteiger partial charge in [0.05, 0.1) is 6.20 Å². The molecule has 4 N–H and O–H groups in total. The first-order valence-electron chi connectivity index (χ1n) is 9.68. The summed E-state index contributed by atoms with van der Waals surface area (Å²) in [4.78, 5) is 19.6. The number of nitrogens with two attached hydrogens (primary N) is 1. The van der Waals surface area contributed by atoms with Crippen LogP contribution in [0.4, 0.5) is 11.5 Å². The molecule has 0 bridgehead atoms. The predicted molar refractivity (Wildman–Crippen MR) is 116 cm³/mol. The van der Waals surface area contributed by atoms with E-state index in [1.54, 1.807) is 4.57 Å². The smallest absolute Gasteiger partial charge is 0.283 e. The predicted octanol–water partition coefficient (Wildman–Crippen LogP) is 0.311. The lowest BCUT2D eigenvalue weighted by Crippen LogP contribution is -3.00. The number of aromatic amines is 1. The molecule has 0 unspecified atom stereocenters. The molecule has 2 aromatic carbocycles. The molecule has 8 heteroatoms. The molecule has 156 valence electrons. The number of nitrogens with zero attached hydrogens (tertiary/aromatic N) is 3. The fraction of sp³-hybridized carbons (Fsp3) is 0.0870. The summed E-state index contributed by atoms with van der Waals surface area (Å²) in [5.74, 6) is 0.454. The molecule has 0 radical (unpaired) electrons. The number of amides is 1. The second-order valence-corrected chi connectivity index (χ2v) is 7.34. The standard InChI is InChI=1S/C23H20N6O.HI/c1-15-6-8-16(9-7-15)26-23-22(18-12-25-19-5-3-2-4-17(18)19)27-21-14-28(13-20(24)30)10-11-29(21)23;/h2-12,14H,13H2,1H3,(H3,24,25,27,30);1H. The number of anilines is 2. The lowest BCUT2D eigenvalue weighted by Gasteiger charge is -2.09. The van der Waals surface area contributed by atoms with Crippen LogP contribution in [-0.2, 0) is 11.3 Å². The third-order valence-electron chi connectivity index (χ3n) is 5.12. The Morgan fingerprint density at radius 1 is 1.19 bits per heavy atom. The summed E-state index contributed by atoms with van der Waals surface area (Å²) >= 11 is 0. The van der Waals surface area contributed by atoms with Crippen LogP contribution in [0.3, 0.4) is 0 Å². The minimum atomic E-state index is -0.397. The van der Waals surface area contributed by atoms with E-state index in [0.29, 0.717) is 5.65 Å². The van der Waals surface area contributed by atoms with E-state index in [-0.39, 0.29) is 30.5 Å². The minimum absolute atomic E-state index is 0. The molecule has 3 aromatic heterocycles. The van der Waals surface area contributed by atoms with Gasteiger partial charge in [0.15, 0.2) is 6.20 Å². The van der Waals surface area contributed by atoms with Gasteiger partial charge in [0.2, 0.25) is 18.4 Å². The highest BCUT2D eigenvalue weighted by Crippen LogP contribution is 2.35. The number of nitrogens with one attached hydrogen (secondary N) is 2. The Labute approximate surface area is 195 Å². The van der Waals surface area contributed by atoms with Gasteiger partial charge in [-0.05, 0) is 25.1 Å². The molecule has 0 spiro atoms. The average molecular weight is 524 g/mol. The van der Waals surface area contributed by atoms with Crippen molar-refractivity contribution in [3.8, 4) is 11.3 Å². The number of hydrogen-bond donors (Lipinski definition) is 3. The van der Waals surface area contributed by atoms with E-state index in [2.05, 4.69) is 35.4 Å². The van der Waals surface area contributed by atoms with Crippen LogP contribution >= 0.6 is 0 Å². The summed E-state index contributed by atoms with van der Waals surface area (Å²) in [5, 5.41) is 4.62. The number of aromatic nitrogens is 4. The highest BCUT2D eigenvalue weighted by atomic mass is 127. The van der Waals surface area contributed by atoms with Gasteiger partial charge in [0.1, 0.15) is 11.5 Å². The van der Waals surface area contributed by atoms with E-state index in [4.69, 9.17) is 10.7 Å². The van der Waals surface area contributed by atoms with Gasteiger partial charge in [-0.15, -0.1) is 0 Å². The first kappa shape index (κ1) is 20.9. The third kappa shape index (κ3) is 3.98. The number of benzene rings is 2. The number of H-pyrrole nitrogens is 1. The zero-order chi connectivity index (χ0) is 20.7. The highest BCUT2D eigenvalue weighted by molar-refractivity contribution is 5.98. The number of primary amides is 1. The number of halogens is 1. The topological polar surface area (TPSA) is 92.1 Å². The van der Waals surface area contributed by atoms with Crippen molar-refractivity contribution in [3.63, 3.8) is 0 Å². The molecule has 0 aliphatic heterocycles. The van der Waals surface area contributed by atoms with E-state index < -0.39 is 5.91 Å². The number of carbonyl (C=O) groups is 1. The average Bonchev–Trinajstić information content (AvgIpc) is 3.30. The van der Waals surface area contributed by atoms with Crippen LogP contribution in [0.5, 0.6) is 0 Å². The molecule has 5 rings (SSSR count). The molecule has 0 fully saturated rings. The summed E-state index contributed by atoms with van der Waals surface area (Å²) < 4.78 is 3.72.